The lowest BCUT2D eigenvalue weighted by Gasteiger charge is -2.31. The Kier molecular flexibility index (Phi) is 6.68. The van der Waals surface area contributed by atoms with Crippen molar-refractivity contribution in [2.45, 2.75) is 38.5 Å². The second-order valence-electron chi connectivity index (χ2n) is 8.02. The highest BCUT2D eigenvalue weighted by atomic mass is 16.5. The van der Waals surface area contributed by atoms with Gasteiger partial charge in [-0.2, -0.15) is 0 Å². The van der Waals surface area contributed by atoms with Gasteiger partial charge in [0.2, 0.25) is 5.91 Å². The normalized spacial score (nSPS) is 14.5. The summed E-state index contributed by atoms with van der Waals surface area (Å²) in [6, 6.07) is 11.0. The molecule has 32 heavy (non-hydrogen) atoms. The fourth-order valence-electron chi connectivity index (χ4n) is 4.09. The van der Waals surface area contributed by atoms with Gasteiger partial charge in [0, 0.05) is 37.2 Å². The summed E-state index contributed by atoms with van der Waals surface area (Å²) in [5.74, 6) is 2.51. The van der Waals surface area contributed by atoms with Crippen molar-refractivity contribution in [1.82, 2.24) is 19.5 Å². The third kappa shape index (κ3) is 4.74. The van der Waals surface area contributed by atoms with Gasteiger partial charge in [-0.1, -0.05) is 6.07 Å². The maximum absolute atomic E-state index is 12.6. The predicted molar refractivity (Wildman–Crippen MR) is 119 cm³/mol. The SMILES string of the molecule is COc1cc(C(C)=O)ccc1OCCCC(=O)N1CCC(c2nnc3ccccn23)CC1. The van der Waals surface area contributed by atoms with Gasteiger partial charge in [-0.15, -0.1) is 10.2 Å². The van der Waals surface area contributed by atoms with Gasteiger partial charge in [0.05, 0.1) is 13.7 Å². The number of ether oxygens (including phenoxy) is 2. The number of Topliss-reactive ketones (excluding diaryl/α,β-unsaturated/α-hetero) is 1. The number of ketones is 1. The van der Waals surface area contributed by atoms with E-state index in [0.717, 1.165) is 37.4 Å². The molecular formula is C24H28N4O4. The minimum Gasteiger partial charge on any atom is -0.493 e. The van der Waals surface area contributed by atoms with Crippen LogP contribution in [0.3, 0.4) is 0 Å². The fraction of sp³-hybridized carbons (Fsp3) is 0.417. The summed E-state index contributed by atoms with van der Waals surface area (Å²) in [6.45, 7) is 3.38. The lowest BCUT2D eigenvalue weighted by Crippen LogP contribution is -2.38. The number of rotatable bonds is 8. The molecule has 1 aromatic carbocycles. The van der Waals surface area contributed by atoms with Crippen LogP contribution in [-0.2, 0) is 4.79 Å². The molecule has 1 saturated heterocycles. The van der Waals surface area contributed by atoms with E-state index >= 15 is 0 Å². The smallest absolute Gasteiger partial charge is 0.222 e. The summed E-state index contributed by atoms with van der Waals surface area (Å²) in [4.78, 5) is 26.1. The lowest BCUT2D eigenvalue weighted by atomic mass is 9.95. The molecule has 168 valence electrons. The van der Waals surface area contributed by atoms with Gasteiger partial charge in [-0.05, 0) is 56.5 Å². The maximum atomic E-state index is 12.6. The molecule has 0 spiro atoms. The number of fused-ring (bicyclic) bond motifs is 1. The molecule has 0 saturated carbocycles. The first kappa shape index (κ1) is 21.8. The number of methoxy groups -OCH3 is 1. The van der Waals surface area contributed by atoms with Crippen LogP contribution in [0.2, 0.25) is 0 Å². The molecule has 1 fully saturated rings. The molecule has 8 nitrogen and oxygen atoms in total. The number of benzene rings is 1. The number of amides is 1. The lowest BCUT2D eigenvalue weighted by molar-refractivity contribution is -0.132. The first-order valence-electron chi connectivity index (χ1n) is 11.0. The molecular weight excluding hydrogens is 408 g/mol. The standard InChI is InChI=1S/C24H28N4O4/c1-17(29)19-8-9-20(21(16-19)31-2)32-15-5-7-23(30)27-13-10-18(11-14-27)24-26-25-22-6-3-4-12-28(22)24/h3-4,6,8-9,12,16,18H,5,7,10-11,13-15H2,1-2H3. The van der Waals surface area contributed by atoms with Gasteiger partial charge >= 0.3 is 0 Å². The average molecular weight is 437 g/mol. The van der Waals surface area contributed by atoms with Crippen LogP contribution >= 0.6 is 0 Å². The van der Waals surface area contributed by atoms with Gasteiger partial charge < -0.3 is 14.4 Å². The molecule has 3 heterocycles. The van der Waals surface area contributed by atoms with Crippen LogP contribution in [0.5, 0.6) is 11.5 Å². The van der Waals surface area contributed by atoms with Crippen LogP contribution < -0.4 is 9.47 Å². The van der Waals surface area contributed by atoms with Crippen molar-refractivity contribution in [2.24, 2.45) is 0 Å². The van der Waals surface area contributed by atoms with E-state index in [1.54, 1.807) is 25.3 Å². The van der Waals surface area contributed by atoms with Crippen molar-refractivity contribution in [2.75, 3.05) is 26.8 Å². The molecule has 0 atom stereocenters. The predicted octanol–water partition coefficient (Wildman–Crippen LogP) is 3.51. The van der Waals surface area contributed by atoms with Crippen LogP contribution in [0.4, 0.5) is 0 Å². The Morgan fingerprint density at radius 1 is 1.09 bits per heavy atom. The number of hydrogen-bond acceptors (Lipinski definition) is 6. The van der Waals surface area contributed by atoms with Crippen molar-refractivity contribution < 1.29 is 19.1 Å². The Morgan fingerprint density at radius 2 is 1.91 bits per heavy atom. The highest BCUT2D eigenvalue weighted by Gasteiger charge is 2.26. The topological polar surface area (TPSA) is 86.0 Å². The molecule has 3 aromatic rings. The van der Waals surface area contributed by atoms with E-state index in [-0.39, 0.29) is 11.7 Å². The van der Waals surface area contributed by atoms with Crippen molar-refractivity contribution in [3.05, 3.63) is 54.0 Å². The summed E-state index contributed by atoms with van der Waals surface area (Å²) in [7, 11) is 1.54. The van der Waals surface area contributed by atoms with Gasteiger partial charge in [-0.3, -0.25) is 14.0 Å². The Morgan fingerprint density at radius 3 is 2.66 bits per heavy atom. The maximum Gasteiger partial charge on any atom is 0.222 e. The van der Waals surface area contributed by atoms with Gasteiger partial charge in [0.1, 0.15) is 5.82 Å². The highest BCUT2D eigenvalue weighted by Crippen LogP contribution is 2.29. The Bertz CT molecular complexity index is 1100. The van der Waals surface area contributed by atoms with Crippen LogP contribution in [0, 0.1) is 0 Å². The third-order valence-electron chi connectivity index (χ3n) is 5.92. The molecule has 0 unspecified atom stereocenters. The number of piperidine rings is 1. The number of carbonyl (C=O) groups excluding carboxylic acids is 2. The molecule has 8 heteroatoms. The number of hydrogen-bond donors (Lipinski definition) is 0. The summed E-state index contributed by atoms with van der Waals surface area (Å²) in [5.41, 5.74) is 1.43. The minimum atomic E-state index is -0.0265. The van der Waals surface area contributed by atoms with E-state index in [1.807, 2.05) is 33.7 Å². The Balaban J connectivity index is 1.23. The number of aromatic nitrogens is 3. The summed E-state index contributed by atoms with van der Waals surface area (Å²) < 4.78 is 13.1. The van der Waals surface area contributed by atoms with Crippen LogP contribution in [-0.4, -0.2) is 58.0 Å². The average Bonchev–Trinajstić information content (AvgIpc) is 3.26. The van der Waals surface area contributed by atoms with E-state index < -0.39 is 0 Å². The molecule has 0 N–H and O–H groups in total. The molecule has 0 aliphatic carbocycles. The van der Waals surface area contributed by atoms with E-state index in [9.17, 15) is 9.59 Å². The fourth-order valence-corrected chi connectivity index (χ4v) is 4.09. The highest BCUT2D eigenvalue weighted by molar-refractivity contribution is 5.94. The Hall–Kier alpha value is -3.42. The number of nitrogens with zero attached hydrogens (tertiary/aromatic N) is 4. The summed E-state index contributed by atoms with van der Waals surface area (Å²) in [6.07, 6.45) is 4.82. The Labute approximate surface area is 187 Å². The number of carbonyl (C=O) groups is 2. The van der Waals surface area contributed by atoms with Crippen molar-refractivity contribution >= 4 is 17.3 Å². The van der Waals surface area contributed by atoms with Crippen LogP contribution in [0.15, 0.2) is 42.6 Å². The van der Waals surface area contributed by atoms with E-state index in [0.29, 0.717) is 42.4 Å². The van der Waals surface area contributed by atoms with Gasteiger partial charge in [0.25, 0.3) is 0 Å². The zero-order valence-electron chi connectivity index (χ0n) is 18.5. The summed E-state index contributed by atoms with van der Waals surface area (Å²) >= 11 is 0. The monoisotopic (exact) mass is 436 g/mol. The van der Waals surface area contributed by atoms with Crippen molar-refractivity contribution in [3.8, 4) is 11.5 Å². The van der Waals surface area contributed by atoms with E-state index in [1.165, 1.54) is 6.92 Å². The molecule has 1 aliphatic heterocycles. The van der Waals surface area contributed by atoms with Crippen LogP contribution in [0.25, 0.3) is 5.65 Å². The molecule has 0 bridgehead atoms. The largest absolute Gasteiger partial charge is 0.493 e. The molecule has 4 rings (SSSR count). The van der Waals surface area contributed by atoms with E-state index in [2.05, 4.69) is 10.2 Å². The van der Waals surface area contributed by atoms with E-state index in [4.69, 9.17) is 9.47 Å². The van der Waals surface area contributed by atoms with Gasteiger partial charge in [-0.25, -0.2) is 0 Å². The summed E-state index contributed by atoms with van der Waals surface area (Å²) in [5, 5.41) is 8.61. The molecule has 2 aromatic heterocycles. The third-order valence-corrected chi connectivity index (χ3v) is 5.92. The quantitative estimate of drug-likeness (QED) is 0.397. The van der Waals surface area contributed by atoms with Crippen LogP contribution in [0.1, 0.15) is 54.7 Å². The second-order valence-corrected chi connectivity index (χ2v) is 8.02. The number of pyridine rings is 1. The zero-order valence-corrected chi connectivity index (χ0v) is 18.5. The van der Waals surface area contributed by atoms with Gasteiger partial charge in [0.15, 0.2) is 22.9 Å². The molecule has 0 radical (unpaired) electrons. The van der Waals surface area contributed by atoms with Crippen molar-refractivity contribution in [1.29, 1.82) is 0 Å². The molecule has 1 amide bonds. The second kappa shape index (κ2) is 9.80. The number of likely N-dealkylation sites (tertiary alicyclic amines) is 1. The first-order valence-corrected chi connectivity index (χ1v) is 11.0. The molecule has 1 aliphatic rings. The minimum absolute atomic E-state index is 0.0265. The van der Waals surface area contributed by atoms with Crippen molar-refractivity contribution in [3.63, 3.8) is 0 Å². The zero-order chi connectivity index (χ0) is 22.5. The first-order chi connectivity index (χ1) is 15.6.